The maximum absolute atomic E-state index is 13.2. The van der Waals surface area contributed by atoms with Crippen LogP contribution in [0.15, 0.2) is 42.5 Å². The number of halogens is 2. The molecule has 1 aromatic heterocycles. The number of benzene rings is 2. The van der Waals surface area contributed by atoms with Crippen LogP contribution in [0.5, 0.6) is 5.75 Å². The van der Waals surface area contributed by atoms with Crippen molar-refractivity contribution in [3.8, 4) is 11.8 Å². The number of ether oxygens (including phenoxy) is 1. The number of fused-ring (bicyclic) bond motifs is 1. The van der Waals surface area contributed by atoms with Crippen molar-refractivity contribution >= 4 is 22.6 Å². The Morgan fingerprint density at radius 3 is 2.70 bits per heavy atom. The van der Waals surface area contributed by atoms with Crippen LogP contribution >= 0.6 is 0 Å². The quantitative estimate of drug-likeness (QED) is 0.556. The van der Waals surface area contributed by atoms with E-state index in [-0.39, 0.29) is 5.56 Å². The minimum absolute atomic E-state index is 0.0583. The van der Waals surface area contributed by atoms with Crippen LogP contribution in [0.3, 0.4) is 0 Å². The van der Waals surface area contributed by atoms with Gasteiger partial charge in [-0.05, 0) is 49.4 Å². The third-order valence-corrected chi connectivity index (χ3v) is 4.41. The number of carbonyl (C=O) groups excluding carboxylic acids is 1. The van der Waals surface area contributed by atoms with E-state index >= 15 is 0 Å². The van der Waals surface area contributed by atoms with Crippen molar-refractivity contribution in [1.82, 2.24) is 5.32 Å². The highest BCUT2D eigenvalue weighted by molar-refractivity contribution is 5.94. The van der Waals surface area contributed by atoms with Crippen LogP contribution in [-0.4, -0.2) is 25.6 Å². The number of rotatable bonds is 8. The molecule has 3 N–H and O–H groups in total. The molecule has 0 fully saturated rings. The van der Waals surface area contributed by atoms with E-state index < -0.39 is 17.5 Å². The largest absolute Gasteiger partial charge is 0.494 e. The third-order valence-electron chi connectivity index (χ3n) is 4.41. The lowest BCUT2D eigenvalue weighted by molar-refractivity contribution is -0.327. The van der Waals surface area contributed by atoms with Crippen LogP contribution in [0.2, 0.25) is 0 Å². The van der Waals surface area contributed by atoms with Crippen molar-refractivity contribution in [2.24, 2.45) is 0 Å². The highest BCUT2D eigenvalue weighted by atomic mass is 19.2. The SMILES string of the molecule is CCOc1ccc2[nH+]c(NCCCNC(=O)c3ccc(F)c(F)c3)c(C#N)cc2c1. The molecule has 154 valence electrons. The number of amides is 1. The van der Waals surface area contributed by atoms with E-state index in [0.29, 0.717) is 37.5 Å². The van der Waals surface area contributed by atoms with Crippen molar-refractivity contribution < 1.29 is 23.3 Å². The average molecular weight is 411 g/mol. The summed E-state index contributed by atoms with van der Waals surface area (Å²) in [5.74, 6) is -1.21. The first kappa shape index (κ1) is 21.0. The van der Waals surface area contributed by atoms with Gasteiger partial charge in [-0.2, -0.15) is 5.26 Å². The fraction of sp³-hybridized carbons (Fsp3) is 0.227. The minimum atomic E-state index is -1.06. The number of nitriles is 1. The molecule has 0 saturated heterocycles. The van der Waals surface area contributed by atoms with Gasteiger partial charge < -0.3 is 10.1 Å². The zero-order valence-electron chi connectivity index (χ0n) is 16.4. The van der Waals surface area contributed by atoms with Crippen molar-refractivity contribution in [3.63, 3.8) is 0 Å². The van der Waals surface area contributed by atoms with E-state index in [2.05, 4.69) is 21.7 Å². The average Bonchev–Trinajstić information content (AvgIpc) is 2.75. The molecule has 8 heteroatoms. The normalized spacial score (nSPS) is 10.5. The maximum atomic E-state index is 13.2. The summed E-state index contributed by atoms with van der Waals surface area (Å²) in [6.45, 7) is 3.29. The molecular weight excluding hydrogens is 390 g/mol. The Kier molecular flexibility index (Phi) is 6.75. The second kappa shape index (κ2) is 9.65. The van der Waals surface area contributed by atoms with Gasteiger partial charge in [-0.1, -0.05) is 0 Å². The summed E-state index contributed by atoms with van der Waals surface area (Å²) >= 11 is 0. The fourth-order valence-electron chi connectivity index (χ4n) is 2.93. The first-order valence-electron chi connectivity index (χ1n) is 9.52. The van der Waals surface area contributed by atoms with Crippen LogP contribution in [0.25, 0.3) is 10.9 Å². The Balaban J connectivity index is 1.56. The van der Waals surface area contributed by atoms with Gasteiger partial charge in [0.2, 0.25) is 0 Å². The van der Waals surface area contributed by atoms with E-state index in [1.807, 2.05) is 25.1 Å². The Labute approximate surface area is 172 Å². The minimum Gasteiger partial charge on any atom is -0.494 e. The van der Waals surface area contributed by atoms with Gasteiger partial charge in [-0.25, -0.2) is 13.8 Å². The van der Waals surface area contributed by atoms with Gasteiger partial charge in [0.05, 0.1) is 13.2 Å². The molecule has 0 bridgehead atoms. The summed E-state index contributed by atoms with van der Waals surface area (Å²) in [6.07, 6.45) is 0.565. The number of hydrogen-bond donors (Lipinski definition) is 2. The summed E-state index contributed by atoms with van der Waals surface area (Å²) in [5, 5.41) is 16.1. The molecule has 0 spiro atoms. The van der Waals surface area contributed by atoms with Crippen LogP contribution < -0.4 is 20.4 Å². The Hall–Kier alpha value is -3.73. The monoisotopic (exact) mass is 411 g/mol. The van der Waals surface area contributed by atoms with E-state index in [1.54, 1.807) is 6.07 Å². The number of pyridine rings is 1. The number of nitrogens with zero attached hydrogens (tertiary/aromatic N) is 1. The number of nitrogens with one attached hydrogen (secondary N) is 3. The van der Waals surface area contributed by atoms with Crippen molar-refractivity contribution in [3.05, 3.63) is 65.2 Å². The fourth-order valence-corrected chi connectivity index (χ4v) is 2.93. The molecule has 30 heavy (non-hydrogen) atoms. The zero-order valence-corrected chi connectivity index (χ0v) is 16.4. The Morgan fingerprint density at radius 2 is 1.97 bits per heavy atom. The van der Waals surface area contributed by atoms with Gasteiger partial charge in [0.25, 0.3) is 11.7 Å². The molecular formula is C22H21F2N4O2+. The summed E-state index contributed by atoms with van der Waals surface area (Å²) in [5.41, 5.74) is 1.37. The predicted octanol–water partition coefficient (Wildman–Crippen LogP) is 3.43. The molecule has 3 rings (SSSR count). The van der Waals surface area contributed by atoms with Gasteiger partial charge >= 0.3 is 0 Å². The van der Waals surface area contributed by atoms with E-state index in [4.69, 9.17) is 4.74 Å². The second-order valence-electron chi connectivity index (χ2n) is 6.52. The lowest BCUT2D eigenvalue weighted by Gasteiger charge is -2.07. The van der Waals surface area contributed by atoms with E-state index in [9.17, 15) is 18.8 Å². The topological polar surface area (TPSA) is 88.3 Å². The summed E-state index contributed by atoms with van der Waals surface area (Å²) in [4.78, 5) is 15.2. The number of aromatic amines is 1. The highest BCUT2D eigenvalue weighted by Gasteiger charge is 2.13. The Morgan fingerprint density at radius 1 is 1.13 bits per heavy atom. The second-order valence-corrected chi connectivity index (χ2v) is 6.52. The standard InChI is InChI=1S/C22H20F2N4O2/c1-2-30-17-5-7-20-15(11-17)10-16(13-25)21(28-20)26-8-3-9-27-22(29)14-4-6-18(23)19(24)12-14/h4-7,10-12H,2-3,8-9H2,1H3,(H,26,28)(H,27,29)/p+1. The van der Waals surface area contributed by atoms with Gasteiger partial charge in [-0.15, -0.1) is 0 Å². The van der Waals surface area contributed by atoms with Crippen LogP contribution in [-0.2, 0) is 0 Å². The smallest absolute Gasteiger partial charge is 0.290 e. The molecule has 0 aliphatic carbocycles. The number of hydrogen-bond acceptors (Lipinski definition) is 4. The molecule has 3 aromatic rings. The summed E-state index contributed by atoms with van der Waals surface area (Å²) < 4.78 is 31.6. The van der Waals surface area contributed by atoms with Crippen molar-refractivity contribution in [2.45, 2.75) is 13.3 Å². The van der Waals surface area contributed by atoms with Crippen molar-refractivity contribution in [1.29, 1.82) is 5.26 Å². The van der Waals surface area contributed by atoms with E-state index in [0.717, 1.165) is 28.8 Å². The van der Waals surface area contributed by atoms with Gasteiger partial charge in [0.15, 0.2) is 11.6 Å². The van der Waals surface area contributed by atoms with Crippen molar-refractivity contribution in [2.75, 3.05) is 25.0 Å². The third kappa shape index (κ3) is 5.00. The molecule has 0 aliphatic heterocycles. The molecule has 2 aromatic carbocycles. The molecule has 0 aliphatic rings. The molecule has 1 heterocycles. The highest BCUT2D eigenvalue weighted by Crippen LogP contribution is 2.21. The molecule has 0 saturated carbocycles. The van der Waals surface area contributed by atoms with Gasteiger partial charge in [-0.3, -0.25) is 10.1 Å². The summed E-state index contributed by atoms with van der Waals surface area (Å²) in [7, 11) is 0. The summed E-state index contributed by atoms with van der Waals surface area (Å²) in [6, 6.07) is 12.6. The van der Waals surface area contributed by atoms with Gasteiger partial charge in [0.1, 0.15) is 22.9 Å². The number of carbonyl (C=O) groups is 1. The first-order valence-corrected chi connectivity index (χ1v) is 9.52. The molecule has 0 radical (unpaired) electrons. The number of aromatic nitrogens is 1. The first-order chi connectivity index (χ1) is 14.5. The zero-order chi connectivity index (χ0) is 21.5. The Bertz CT molecular complexity index is 1110. The molecule has 0 unspecified atom stereocenters. The van der Waals surface area contributed by atoms with Crippen LogP contribution in [0.1, 0.15) is 29.3 Å². The molecule has 0 atom stereocenters. The van der Waals surface area contributed by atoms with Crippen LogP contribution in [0.4, 0.5) is 14.6 Å². The number of anilines is 1. The molecule has 1 amide bonds. The lowest BCUT2D eigenvalue weighted by Crippen LogP contribution is -2.26. The predicted molar refractivity (Wildman–Crippen MR) is 108 cm³/mol. The number of H-pyrrole nitrogens is 1. The van der Waals surface area contributed by atoms with Gasteiger partial charge in [0, 0.05) is 23.9 Å². The molecule has 6 nitrogen and oxygen atoms in total. The lowest BCUT2D eigenvalue weighted by atomic mass is 10.1. The maximum Gasteiger partial charge on any atom is 0.290 e. The van der Waals surface area contributed by atoms with E-state index in [1.165, 1.54) is 6.07 Å². The van der Waals surface area contributed by atoms with Crippen LogP contribution in [0, 0.1) is 23.0 Å².